The summed E-state index contributed by atoms with van der Waals surface area (Å²) in [4.78, 5) is 8.48. The number of nitrogens with one attached hydrogen (secondary N) is 1. The highest BCUT2D eigenvalue weighted by Crippen LogP contribution is 2.39. The van der Waals surface area contributed by atoms with E-state index in [1.54, 1.807) is 30.3 Å². The first-order valence-electron chi connectivity index (χ1n) is 11.2. The van der Waals surface area contributed by atoms with Crippen LogP contribution in [0.4, 0.5) is 15.8 Å². The highest BCUT2D eigenvalue weighted by molar-refractivity contribution is 6.33. The third kappa shape index (κ3) is 6.12. The fourth-order valence-corrected chi connectivity index (χ4v) is 3.89. The molecule has 0 unspecified atom stereocenters. The molecule has 0 saturated carbocycles. The van der Waals surface area contributed by atoms with E-state index in [1.165, 1.54) is 25.4 Å². The topological polar surface area (TPSA) is 115 Å². The van der Waals surface area contributed by atoms with E-state index in [1.807, 2.05) is 0 Å². The number of hydrogen-bond donors (Lipinski definition) is 2. The van der Waals surface area contributed by atoms with Crippen LogP contribution in [0.5, 0.6) is 17.2 Å². The van der Waals surface area contributed by atoms with Gasteiger partial charge in [-0.1, -0.05) is 29.3 Å². The maximum absolute atomic E-state index is 14.9. The van der Waals surface area contributed by atoms with Crippen LogP contribution in [0.25, 0.3) is 10.9 Å². The van der Waals surface area contributed by atoms with E-state index in [0.717, 1.165) is 0 Å². The molecule has 0 amide bonds. The van der Waals surface area contributed by atoms with E-state index < -0.39 is 5.82 Å². The van der Waals surface area contributed by atoms with Crippen LogP contribution in [0, 0.1) is 17.1 Å². The molecule has 4 rings (SSSR count). The minimum Gasteiger partial charge on any atom is -0.493 e. The summed E-state index contributed by atoms with van der Waals surface area (Å²) in [6, 6.07) is 13.1. The first-order chi connectivity index (χ1) is 17.9. The second kappa shape index (κ2) is 11.9. The lowest BCUT2D eigenvalue weighted by atomic mass is 10.1. The number of nitrogens with zero attached hydrogens (tertiary/aromatic N) is 3. The van der Waals surface area contributed by atoms with E-state index >= 15 is 0 Å². The molecule has 0 saturated heterocycles. The van der Waals surface area contributed by atoms with Gasteiger partial charge in [0.25, 0.3) is 0 Å². The zero-order valence-corrected chi connectivity index (χ0v) is 21.2. The monoisotopic (exact) mass is 541 g/mol. The number of methoxy groups -OCH3 is 1. The van der Waals surface area contributed by atoms with Gasteiger partial charge >= 0.3 is 0 Å². The first-order valence-corrected chi connectivity index (χ1v) is 11.9. The quantitative estimate of drug-likeness (QED) is 0.185. The summed E-state index contributed by atoms with van der Waals surface area (Å²) in [6.07, 6.45) is 2.09. The number of fused-ring (bicyclic) bond motifs is 1. The largest absolute Gasteiger partial charge is 0.493 e. The number of aromatic nitrogens is 2. The van der Waals surface area contributed by atoms with Gasteiger partial charge in [-0.2, -0.15) is 5.26 Å². The zero-order valence-electron chi connectivity index (χ0n) is 19.7. The third-order valence-corrected chi connectivity index (χ3v) is 5.83. The lowest BCUT2D eigenvalue weighted by molar-refractivity contribution is 0.286. The fraction of sp³-hybridized carbons (Fsp3) is 0.192. The fourth-order valence-electron chi connectivity index (χ4n) is 3.51. The van der Waals surface area contributed by atoms with Crippen LogP contribution in [-0.2, 0) is 6.61 Å². The molecule has 11 heteroatoms. The summed E-state index contributed by atoms with van der Waals surface area (Å²) < 4.78 is 31.7. The van der Waals surface area contributed by atoms with Crippen molar-refractivity contribution < 1.29 is 18.6 Å². The average Bonchev–Trinajstić information content (AvgIpc) is 2.89. The molecule has 0 spiro atoms. The Hall–Kier alpha value is -3.84. The normalized spacial score (nSPS) is 10.7. The number of ether oxygens (including phenoxy) is 3. The number of anilines is 2. The molecule has 2 aromatic carbocycles. The second-order valence-electron chi connectivity index (χ2n) is 7.80. The second-order valence-corrected chi connectivity index (χ2v) is 8.59. The molecule has 190 valence electrons. The molecule has 3 N–H and O–H groups in total. The lowest BCUT2D eigenvalue weighted by Crippen LogP contribution is -2.07. The van der Waals surface area contributed by atoms with Crippen LogP contribution in [0.1, 0.15) is 17.7 Å². The van der Waals surface area contributed by atoms with Gasteiger partial charge in [0, 0.05) is 29.8 Å². The summed E-state index contributed by atoms with van der Waals surface area (Å²) in [5.74, 6) is 0.226. The maximum Gasteiger partial charge on any atom is 0.167 e. The average molecular weight is 542 g/mol. The van der Waals surface area contributed by atoms with E-state index in [0.29, 0.717) is 58.5 Å². The van der Waals surface area contributed by atoms with Crippen LogP contribution in [0.2, 0.25) is 10.2 Å². The van der Waals surface area contributed by atoms with Gasteiger partial charge in [0.1, 0.15) is 17.8 Å². The molecule has 2 heterocycles. The number of nitriles is 1. The van der Waals surface area contributed by atoms with Crippen LogP contribution in [-0.4, -0.2) is 30.2 Å². The Morgan fingerprint density at radius 3 is 2.68 bits per heavy atom. The molecule has 0 bridgehead atoms. The van der Waals surface area contributed by atoms with Crippen molar-refractivity contribution in [1.82, 2.24) is 9.97 Å². The predicted octanol–water partition coefficient (Wildman–Crippen LogP) is 6.01. The van der Waals surface area contributed by atoms with Crippen LogP contribution < -0.4 is 25.3 Å². The van der Waals surface area contributed by atoms with Crippen LogP contribution in [0.3, 0.4) is 0 Å². The molecule has 0 aliphatic heterocycles. The van der Waals surface area contributed by atoms with Crippen molar-refractivity contribution in [2.45, 2.75) is 13.0 Å². The van der Waals surface area contributed by atoms with Crippen LogP contribution in [0.15, 0.2) is 48.7 Å². The molecule has 0 aliphatic carbocycles. The molecule has 0 aliphatic rings. The molecular formula is C26H22Cl2FN5O3. The standard InChI is InChI=1S/C26H22Cl2FN5O3/c1-35-23-8-17-20(11-24(23)36-7-3-6-30)32-13-15(12-31)26(17)34-21-10-19(29)22(9-18(21)27)37-14-16-4-2-5-25(28)33-16/h2,4-5,8-11,13H,3,6-7,14,30H2,1H3,(H,32,34). The van der Waals surface area contributed by atoms with E-state index in [2.05, 4.69) is 21.4 Å². The number of pyridine rings is 2. The van der Waals surface area contributed by atoms with Crippen LogP contribution >= 0.6 is 23.2 Å². The SMILES string of the molecule is COc1cc2c(Nc3cc(F)c(OCc4cccc(Cl)n4)cc3Cl)c(C#N)cnc2cc1OCCCN. The number of halogens is 3. The Bertz CT molecular complexity index is 1480. The summed E-state index contributed by atoms with van der Waals surface area (Å²) in [5.41, 5.74) is 7.47. The van der Waals surface area contributed by atoms with Crippen molar-refractivity contribution in [3.8, 4) is 23.3 Å². The molecule has 8 nitrogen and oxygen atoms in total. The summed E-state index contributed by atoms with van der Waals surface area (Å²) in [5, 5.41) is 13.8. The Morgan fingerprint density at radius 2 is 1.95 bits per heavy atom. The van der Waals surface area contributed by atoms with Gasteiger partial charge in [0.2, 0.25) is 0 Å². The molecule has 0 atom stereocenters. The summed E-state index contributed by atoms with van der Waals surface area (Å²) in [7, 11) is 1.51. The van der Waals surface area contributed by atoms with Crippen molar-refractivity contribution in [2.75, 3.05) is 25.6 Å². The van der Waals surface area contributed by atoms with E-state index in [9.17, 15) is 9.65 Å². The molecule has 2 aromatic heterocycles. The molecular weight excluding hydrogens is 520 g/mol. The number of rotatable bonds is 10. The Labute approximate surface area is 222 Å². The highest BCUT2D eigenvalue weighted by Gasteiger charge is 2.17. The number of benzene rings is 2. The summed E-state index contributed by atoms with van der Waals surface area (Å²) >= 11 is 12.3. The number of hydrogen-bond acceptors (Lipinski definition) is 8. The summed E-state index contributed by atoms with van der Waals surface area (Å²) in [6.45, 7) is 0.909. The predicted molar refractivity (Wildman–Crippen MR) is 140 cm³/mol. The van der Waals surface area contributed by atoms with Gasteiger partial charge in [-0.25, -0.2) is 9.37 Å². The smallest absolute Gasteiger partial charge is 0.167 e. The van der Waals surface area contributed by atoms with Gasteiger partial charge < -0.3 is 25.3 Å². The van der Waals surface area contributed by atoms with Crippen molar-refractivity contribution in [1.29, 1.82) is 5.26 Å². The third-order valence-electron chi connectivity index (χ3n) is 5.31. The van der Waals surface area contributed by atoms with E-state index in [-0.39, 0.29) is 28.6 Å². The van der Waals surface area contributed by atoms with Gasteiger partial charge in [-0.05, 0) is 31.2 Å². The lowest BCUT2D eigenvalue weighted by Gasteiger charge is -2.16. The zero-order chi connectivity index (χ0) is 26.4. The molecule has 0 radical (unpaired) electrons. The van der Waals surface area contributed by atoms with Gasteiger partial charge in [-0.15, -0.1) is 0 Å². The van der Waals surface area contributed by atoms with Gasteiger partial charge in [0.15, 0.2) is 23.1 Å². The van der Waals surface area contributed by atoms with Gasteiger partial charge in [0.05, 0.1) is 46.9 Å². The first kappa shape index (κ1) is 26.2. The minimum atomic E-state index is -0.654. The number of nitrogens with two attached hydrogens (primary N) is 1. The van der Waals surface area contributed by atoms with Gasteiger partial charge in [-0.3, -0.25) is 4.98 Å². The highest BCUT2D eigenvalue weighted by atomic mass is 35.5. The van der Waals surface area contributed by atoms with E-state index in [4.69, 9.17) is 43.1 Å². The molecule has 0 fully saturated rings. The van der Waals surface area contributed by atoms with Crippen molar-refractivity contribution in [2.24, 2.45) is 5.73 Å². The Kier molecular flexibility index (Phi) is 8.46. The Morgan fingerprint density at radius 1 is 1.11 bits per heavy atom. The molecule has 37 heavy (non-hydrogen) atoms. The van der Waals surface area contributed by atoms with Crippen molar-refractivity contribution >= 4 is 45.5 Å². The molecule has 4 aromatic rings. The van der Waals surface area contributed by atoms with Crippen molar-refractivity contribution in [3.63, 3.8) is 0 Å². The Balaban J connectivity index is 1.66. The maximum atomic E-state index is 14.9. The minimum absolute atomic E-state index is 0.00361. The van der Waals surface area contributed by atoms with Crippen molar-refractivity contribution in [3.05, 3.63) is 75.9 Å².